The van der Waals surface area contributed by atoms with Crippen LogP contribution in [0.5, 0.6) is 0 Å². The van der Waals surface area contributed by atoms with Gasteiger partial charge < -0.3 is 10.4 Å². The van der Waals surface area contributed by atoms with Crippen LogP contribution >= 0.6 is 0 Å². The maximum atomic E-state index is 6.14. The maximum Gasteiger partial charge on any atom is 0.362 e. The highest BCUT2D eigenvalue weighted by Gasteiger charge is 2.23. The van der Waals surface area contributed by atoms with Gasteiger partial charge in [-0.2, -0.15) is 0 Å². The third-order valence-electron chi connectivity index (χ3n) is 3.04. The minimum atomic E-state index is -0.125. The molecule has 0 aliphatic rings. The lowest BCUT2D eigenvalue weighted by Gasteiger charge is -2.23. The molecule has 0 saturated carbocycles. The zero-order chi connectivity index (χ0) is 14.4. The zero-order valence-electron chi connectivity index (χ0n) is 12.0. The Labute approximate surface area is 121 Å². The fourth-order valence-electron chi connectivity index (χ4n) is 2.22. The summed E-state index contributed by atoms with van der Waals surface area (Å²) in [5.74, 6) is 0. The van der Waals surface area contributed by atoms with Gasteiger partial charge in [-0.15, -0.1) is 0 Å². The Kier molecular flexibility index (Phi) is 5.36. The second kappa shape index (κ2) is 7.24. The van der Waals surface area contributed by atoms with Crippen molar-refractivity contribution in [1.82, 2.24) is 5.32 Å². The Morgan fingerprint density at radius 1 is 0.900 bits per heavy atom. The summed E-state index contributed by atoms with van der Waals surface area (Å²) >= 11 is 0. The van der Waals surface area contributed by atoms with Gasteiger partial charge in [0.2, 0.25) is 0 Å². The molecule has 3 nitrogen and oxygen atoms in total. The van der Waals surface area contributed by atoms with Gasteiger partial charge in [-0.3, -0.25) is 5.32 Å². The van der Waals surface area contributed by atoms with Gasteiger partial charge in [-0.25, -0.2) is 0 Å². The number of benzene rings is 2. The summed E-state index contributed by atoms with van der Waals surface area (Å²) in [6.45, 7) is 3.78. The van der Waals surface area contributed by atoms with E-state index < -0.39 is 0 Å². The lowest BCUT2D eigenvalue weighted by molar-refractivity contribution is 0.176. The van der Waals surface area contributed by atoms with Crippen molar-refractivity contribution in [3.8, 4) is 0 Å². The van der Waals surface area contributed by atoms with E-state index in [0.29, 0.717) is 0 Å². The van der Waals surface area contributed by atoms with Crippen LogP contribution in [0, 0.1) is 0 Å². The lowest BCUT2D eigenvalue weighted by Crippen LogP contribution is -2.51. The van der Waals surface area contributed by atoms with Gasteiger partial charge in [0.1, 0.15) is 0 Å². The monoisotopic (exact) mass is 268 g/mol. The van der Waals surface area contributed by atoms with E-state index in [-0.39, 0.29) is 19.3 Å². The van der Waals surface area contributed by atoms with Crippen molar-refractivity contribution in [3.05, 3.63) is 60.7 Å². The minimum absolute atomic E-state index is 0.0985. The van der Waals surface area contributed by atoms with Gasteiger partial charge in [0.25, 0.3) is 0 Å². The first-order valence-electron chi connectivity index (χ1n) is 6.94. The standard InChI is InChI=1S/C16H21BN2O/c1-13(18)19-14(2)20-17(15-9-5-3-6-10-15)16-11-7-4-8-12-16/h3-14,19H,18H2,1-2H3. The molecule has 0 saturated heterocycles. The summed E-state index contributed by atoms with van der Waals surface area (Å²) in [5.41, 5.74) is 8.03. The molecule has 4 heteroatoms. The maximum absolute atomic E-state index is 6.14. The highest BCUT2D eigenvalue weighted by atomic mass is 16.5. The highest BCUT2D eigenvalue weighted by molar-refractivity contribution is 6.80. The molecule has 0 aliphatic heterocycles. The summed E-state index contributed by atoms with van der Waals surface area (Å²) in [4.78, 5) is 0. The molecular weight excluding hydrogens is 247 g/mol. The molecule has 2 aromatic rings. The SMILES string of the molecule is CC(N)NC(C)OB(c1ccccc1)c1ccccc1. The smallest absolute Gasteiger partial charge is 0.362 e. The molecule has 0 radical (unpaired) electrons. The molecule has 0 fully saturated rings. The lowest BCUT2D eigenvalue weighted by atomic mass is 9.55. The number of hydrogen-bond acceptors (Lipinski definition) is 3. The Hall–Kier alpha value is -1.62. The Morgan fingerprint density at radius 2 is 1.35 bits per heavy atom. The van der Waals surface area contributed by atoms with E-state index in [1.54, 1.807) is 0 Å². The molecule has 2 aromatic carbocycles. The zero-order valence-corrected chi connectivity index (χ0v) is 12.0. The molecule has 2 rings (SSSR count). The van der Waals surface area contributed by atoms with E-state index >= 15 is 0 Å². The van der Waals surface area contributed by atoms with Crippen LogP contribution in [0.25, 0.3) is 0 Å². The van der Waals surface area contributed by atoms with Crippen molar-refractivity contribution in [2.45, 2.75) is 26.2 Å². The van der Waals surface area contributed by atoms with Gasteiger partial charge in [0, 0.05) is 0 Å². The first kappa shape index (κ1) is 14.8. The molecular formula is C16H21BN2O. The van der Waals surface area contributed by atoms with E-state index in [9.17, 15) is 0 Å². The first-order chi connectivity index (χ1) is 9.66. The van der Waals surface area contributed by atoms with Crippen molar-refractivity contribution in [3.63, 3.8) is 0 Å². The minimum Gasteiger partial charge on any atom is -0.412 e. The molecule has 104 valence electrons. The van der Waals surface area contributed by atoms with Crippen LogP contribution in [0.2, 0.25) is 0 Å². The van der Waals surface area contributed by atoms with Crippen LogP contribution in [0.15, 0.2) is 60.7 Å². The van der Waals surface area contributed by atoms with Crippen molar-refractivity contribution in [2.75, 3.05) is 0 Å². The van der Waals surface area contributed by atoms with Crippen LogP contribution in [0.4, 0.5) is 0 Å². The molecule has 0 bridgehead atoms. The van der Waals surface area contributed by atoms with E-state index in [1.165, 1.54) is 0 Å². The average Bonchev–Trinajstić information content (AvgIpc) is 2.46. The van der Waals surface area contributed by atoms with Gasteiger partial charge in [0.15, 0.2) is 0 Å². The van der Waals surface area contributed by atoms with Crippen molar-refractivity contribution in [2.24, 2.45) is 5.73 Å². The third-order valence-corrected chi connectivity index (χ3v) is 3.04. The molecule has 0 amide bonds. The molecule has 0 aliphatic carbocycles. The van der Waals surface area contributed by atoms with Crippen LogP contribution in [-0.2, 0) is 4.65 Å². The molecule has 0 spiro atoms. The topological polar surface area (TPSA) is 47.3 Å². The normalized spacial score (nSPS) is 13.8. The average molecular weight is 268 g/mol. The van der Waals surface area contributed by atoms with Crippen LogP contribution < -0.4 is 22.0 Å². The van der Waals surface area contributed by atoms with E-state index in [1.807, 2.05) is 50.2 Å². The van der Waals surface area contributed by atoms with Gasteiger partial charge in [-0.05, 0) is 24.8 Å². The quantitative estimate of drug-likeness (QED) is 0.608. The summed E-state index contributed by atoms with van der Waals surface area (Å²) in [5, 5.41) is 3.17. The van der Waals surface area contributed by atoms with E-state index in [0.717, 1.165) is 10.9 Å². The molecule has 2 unspecified atom stereocenters. The van der Waals surface area contributed by atoms with Crippen LogP contribution in [0.1, 0.15) is 13.8 Å². The Balaban J connectivity index is 2.21. The summed E-state index contributed by atoms with van der Waals surface area (Å²) in [6.07, 6.45) is -0.224. The van der Waals surface area contributed by atoms with Crippen LogP contribution in [-0.4, -0.2) is 19.3 Å². The number of nitrogens with two attached hydrogens (primary N) is 1. The summed E-state index contributed by atoms with van der Waals surface area (Å²) < 4.78 is 6.14. The molecule has 0 aromatic heterocycles. The Bertz CT molecular complexity index is 465. The van der Waals surface area contributed by atoms with E-state index in [4.69, 9.17) is 10.4 Å². The molecule has 2 atom stereocenters. The van der Waals surface area contributed by atoms with Crippen LogP contribution in [0.3, 0.4) is 0 Å². The number of rotatable bonds is 6. The van der Waals surface area contributed by atoms with Gasteiger partial charge >= 0.3 is 6.92 Å². The summed E-state index contributed by atoms with van der Waals surface area (Å²) in [6, 6.07) is 20.4. The second-order valence-corrected chi connectivity index (χ2v) is 4.94. The fraction of sp³-hybridized carbons (Fsp3) is 0.250. The molecule has 20 heavy (non-hydrogen) atoms. The largest absolute Gasteiger partial charge is 0.412 e. The second-order valence-electron chi connectivity index (χ2n) is 4.94. The van der Waals surface area contributed by atoms with Crippen molar-refractivity contribution < 1.29 is 4.65 Å². The third kappa shape index (κ3) is 4.20. The predicted octanol–water partition coefficient (Wildman–Crippen LogP) is 1.05. The number of nitrogens with one attached hydrogen (secondary N) is 1. The first-order valence-corrected chi connectivity index (χ1v) is 6.94. The summed E-state index contributed by atoms with van der Waals surface area (Å²) in [7, 11) is 0. The van der Waals surface area contributed by atoms with Gasteiger partial charge in [0.05, 0.1) is 12.4 Å². The van der Waals surface area contributed by atoms with Gasteiger partial charge in [-0.1, -0.05) is 60.7 Å². The van der Waals surface area contributed by atoms with Crippen molar-refractivity contribution in [1.29, 1.82) is 0 Å². The molecule has 3 N–H and O–H groups in total. The Morgan fingerprint density at radius 3 is 1.75 bits per heavy atom. The number of hydrogen-bond donors (Lipinski definition) is 2. The molecule has 0 heterocycles. The fourth-order valence-corrected chi connectivity index (χ4v) is 2.22. The predicted molar refractivity (Wildman–Crippen MR) is 85.2 cm³/mol. The highest BCUT2D eigenvalue weighted by Crippen LogP contribution is 1.98. The van der Waals surface area contributed by atoms with E-state index in [2.05, 4.69) is 29.6 Å². The van der Waals surface area contributed by atoms with Crippen molar-refractivity contribution >= 4 is 17.8 Å².